The predicted molar refractivity (Wildman–Crippen MR) is 117 cm³/mol. The molecule has 4 aromatic rings. The van der Waals surface area contributed by atoms with Crippen molar-refractivity contribution in [2.75, 3.05) is 11.6 Å². The van der Waals surface area contributed by atoms with Crippen molar-refractivity contribution in [3.8, 4) is 11.6 Å². The molecule has 0 aliphatic carbocycles. The quantitative estimate of drug-likeness (QED) is 0.452. The lowest BCUT2D eigenvalue weighted by atomic mass is 10.2. The number of nitrogens with zero attached hydrogens (tertiary/aromatic N) is 3. The minimum absolute atomic E-state index is 0.0353. The first-order chi connectivity index (χ1) is 14.5. The Morgan fingerprint density at radius 2 is 2.07 bits per heavy atom. The van der Waals surface area contributed by atoms with Gasteiger partial charge in [0.1, 0.15) is 6.33 Å². The van der Waals surface area contributed by atoms with E-state index in [1.807, 2.05) is 31.4 Å². The molecular weight excluding hydrogens is 403 g/mol. The highest BCUT2D eigenvalue weighted by molar-refractivity contribution is 7.97. The molecule has 30 heavy (non-hydrogen) atoms. The van der Waals surface area contributed by atoms with Crippen LogP contribution in [-0.2, 0) is 5.75 Å². The number of anilines is 1. The van der Waals surface area contributed by atoms with Crippen LogP contribution in [0.3, 0.4) is 0 Å². The van der Waals surface area contributed by atoms with E-state index >= 15 is 4.39 Å². The van der Waals surface area contributed by atoms with Crippen molar-refractivity contribution in [3.05, 3.63) is 78.1 Å². The van der Waals surface area contributed by atoms with Crippen molar-refractivity contribution in [3.63, 3.8) is 0 Å². The molecule has 0 saturated heterocycles. The number of carbonyl (C=O) groups excluding carboxylic acids is 1. The standard InChI is InChI=1S/C22H19FN4O2S/c1-14-4-3-5-15(10-14)26-22(28)27-9-8-17-18(27)6-7-19(21(17)23)29-20-11-16(12-30-2)24-13-25-20/h3-11,13H,12H2,1-2H3,(H,26,28). The number of carbonyl (C=O) groups is 1. The number of halogens is 1. The van der Waals surface area contributed by atoms with E-state index < -0.39 is 5.82 Å². The maximum absolute atomic E-state index is 15.0. The molecule has 0 radical (unpaired) electrons. The summed E-state index contributed by atoms with van der Waals surface area (Å²) < 4.78 is 22.0. The van der Waals surface area contributed by atoms with E-state index in [0.29, 0.717) is 17.0 Å². The number of hydrogen-bond donors (Lipinski definition) is 1. The zero-order chi connectivity index (χ0) is 21.1. The summed E-state index contributed by atoms with van der Waals surface area (Å²) in [5.41, 5.74) is 2.94. The van der Waals surface area contributed by atoms with Crippen molar-refractivity contribution in [2.24, 2.45) is 0 Å². The van der Waals surface area contributed by atoms with E-state index in [4.69, 9.17) is 4.74 Å². The lowest BCUT2D eigenvalue weighted by Crippen LogP contribution is -2.18. The molecule has 0 atom stereocenters. The molecule has 152 valence electrons. The molecular formula is C22H19FN4O2S. The number of aryl methyl sites for hydroxylation is 1. The van der Waals surface area contributed by atoms with Gasteiger partial charge >= 0.3 is 6.03 Å². The number of ether oxygens (including phenoxy) is 1. The van der Waals surface area contributed by atoms with Gasteiger partial charge in [-0.2, -0.15) is 11.8 Å². The molecule has 6 nitrogen and oxygen atoms in total. The first-order valence-corrected chi connectivity index (χ1v) is 10.6. The van der Waals surface area contributed by atoms with Gasteiger partial charge in [-0.25, -0.2) is 19.2 Å². The molecule has 2 heterocycles. The van der Waals surface area contributed by atoms with E-state index in [0.717, 1.165) is 11.3 Å². The van der Waals surface area contributed by atoms with Gasteiger partial charge in [-0.05, 0) is 49.1 Å². The average Bonchev–Trinajstić information content (AvgIpc) is 3.16. The Balaban J connectivity index is 1.60. The molecule has 1 amide bonds. The highest BCUT2D eigenvalue weighted by atomic mass is 32.2. The Labute approximate surface area is 177 Å². The Bertz CT molecular complexity index is 1220. The summed E-state index contributed by atoms with van der Waals surface area (Å²) in [5, 5.41) is 3.10. The fraction of sp³-hybridized carbons (Fsp3) is 0.136. The lowest BCUT2D eigenvalue weighted by molar-refractivity contribution is 0.254. The summed E-state index contributed by atoms with van der Waals surface area (Å²) in [6, 6.07) is 13.5. The highest BCUT2D eigenvalue weighted by Gasteiger charge is 2.16. The highest BCUT2D eigenvalue weighted by Crippen LogP contribution is 2.30. The zero-order valence-electron chi connectivity index (χ0n) is 16.4. The molecule has 0 saturated carbocycles. The predicted octanol–water partition coefficient (Wildman–Crippen LogP) is 5.61. The summed E-state index contributed by atoms with van der Waals surface area (Å²) in [4.78, 5) is 20.9. The van der Waals surface area contributed by atoms with Gasteiger partial charge in [-0.1, -0.05) is 12.1 Å². The molecule has 0 aliphatic heterocycles. The van der Waals surface area contributed by atoms with Gasteiger partial charge in [0.05, 0.1) is 11.2 Å². The van der Waals surface area contributed by atoms with Crippen molar-refractivity contribution >= 4 is 34.4 Å². The Hall–Kier alpha value is -3.39. The second-order valence-electron chi connectivity index (χ2n) is 6.68. The van der Waals surface area contributed by atoms with Crippen LogP contribution in [0.2, 0.25) is 0 Å². The second kappa shape index (κ2) is 8.54. The van der Waals surface area contributed by atoms with E-state index in [9.17, 15) is 4.79 Å². The number of aromatic nitrogens is 3. The summed E-state index contributed by atoms with van der Waals surface area (Å²) in [7, 11) is 0. The van der Waals surface area contributed by atoms with E-state index in [-0.39, 0.29) is 23.0 Å². The van der Waals surface area contributed by atoms with Crippen LogP contribution in [0.25, 0.3) is 10.9 Å². The van der Waals surface area contributed by atoms with Crippen LogP contribution in [0, 0.1) is 12.7 Å². The summed E-state index contributed by atoms with van der Waals surface area (Å²) in [5.74, 6) is 0.455. The molecule has 2 aromatic carbocycles. The van der Waals surface area contributed by atoms with Gasteiger partial charge in [0.25, 0.3) is 0 Å². The maximum Gasteiger partial charge on any atom is 0.330 e. The van der Waals surface area contributed by atoms with Gasteiger partial charge in [-0.3, -0.25) is 4.57 Å². The van der Waals surface area contributed by atoms with Crippen molar-refractivity contribution in [1.29, 1.82) is 0 Å². The van der Waals surface area contributed by atoms with Crippen molar-refractivity contribution < 1.29 is 13.9 Å². The van der Waals surface area contributed by atoms with Crippen LogP contribution in [-0.4, -0.2) is 26.8 Å². The monoisotopic (exact) mass is 422 g/mol. The number of thioether (sulfide) groups is 1. The van der Waals surface area contributed by atoms with E-state index in [2.05, 4.69) is 15.3 Å². The molecule has 0 fully saturated rings. The van der Waals surface area contributed by atoms with Gasteiger partial charge in [0.2, 0.25) is 5.88 Å². The fourth-order valence-corrected chi connectivity index (χ4v) is 3.55. The van der Waals surface area contributed by atoms with Gasteiger partial charge in [0, 0.05) is 29.1 Å². The number of amides is 1. The lowest BCUT2D eigenvalue weighted by Gasteiger charge is -2.10. The SMILES string of the molecule is CSCc1cc(Oc2ccc3c(ccn3C(=O)Nc3cccc(C)c3)c2F)ncn1. The van der Waals surface area contributed by atoms with Gasteiger partial charge in [-0.15, -0.1) is 0 Å². The van der Waals surface area contributed by atoms with Crippen molar-refractivity contribution in [1.82, 2.24) is 14.5 Å². The third-order valence-corrected chi connectivity index (χ3v) is 5.05. The van der Waals surface area contributed by atoms with Crippen LogP contribution in [0.15, 0.2) is 61.1 Å². The number of hydrogen-bond acceptors (Lipinski definition) is 5. The van der Waals surface area contributed by atoms with Crippen LogP contribution in [0.5, 0.6) is 11.6 Å². The third-order valence-electron chi connectivity index (χ3n) is 4.46. The molecule has 0 aliphatic rings. The van der Waals surface area contributed by atoms with Crippen LogP contribution >= 0.6 is 11.8 Å². The molecule has 2 aromatic heterocycles. The van der Waals surface area contributed by atoms with Crippen LogP contribution < -0.4 is 10.1 Å². The van der Waals surface area contributed by atoms with Crippen LogP contribution in [0.1, 0.15) is 11.3 Å². The number of fused-ring (bicyclic) bond motifs is 1. The van der Waals surface area contributed by atoms with Gasteiger partial charge < -0.3 is 10.1 Å². The molecule has 1 N–H and O–H groups in total. The summed E-state index contributed by atoms with van der Waals surface area (Å²) in [6.45, 7) is 1.94. The Morgan fingerprint density at radius 3 is 2.87 bits per heavy atom. The first-order valence-electron chi connectivity index (χ1n) is 9.20. The van der Waals surface area contributed by atoms with Crippen LogP contribution in [0.4, 0.5) is 14.9 Å². The number of rotatable bonds is 5. The Morgan fingerprint density at radius 1 is 1.20 bits per heavy atom. The molecule has 0 spiro atoms. The topological polar surface area (TPSA) is 69.0 Å². The largest absolute Gasteiger partial charge is 0.436 e. The van der Waals surface area contributed by atoms with E-state index in [1.54, 1.807) is 36.0 Å². The van der Waals surface area contributed by atoms with Crippen molar-refractivity contribution in [2.45, 2.75) is 12.7 Å². The molecule has 8 heteroatoms. The summed E-state index contributed by atoms with van der Waals surface area (Å²) in [6.07, 6.45) is 4.89. The van der Waals surface area contributed by atoms with Gasteiger partial charge in [0.15, 0.2) is 11.6 Å². The molecule has 0 bridgehead atoms. The number of benzene rings is 2. The minimum Gasteiger partial charge on any atom is -0.436 e. The normalized spacial score (nSPS) is 10.9. The molecule has 4 rings (SSSR count). The fourth-order valence-electron chi connectivity index (χ4n) is 3.10. The second-order valence-corrected chi connectivity index (χ2v) is 7.54. The van der Waals surface area contributed by atoms with E-state index in [1.165, 1.54) is 23.2 Å². The minimum atomic E-state index is -0.556. The summed E-state index contributed by atoms with van der Waals surface area (Å²) >= 11 is 1.62. The zero-order valence-corrected chi connectivity index (χ0v) is 17.2. The third kappa shape index (κ3) is 4.13. The maximum atomic E-state index is 15.0. The first kappa shape index (κ1) is 19.9. The number of nitrogens with one attached hydrogen (secondary N) is 1. The Kier molecular flexibility index (Phi) is 5.67. The molecule has 0 unspecified atom stereocenters. The smallest absolute Gasteiger partial charge is 0.330 e. The average molecular weight is 422 g/mol.